The van der Waals surface area contributed by atoms with Gasteiger partial charge in [-0.2, -0.15) is 0 Å². The second-order valence-corrected chi connectivity index (χ2v) is 7.93. The highest BCUT2D eigenvalue weighted by molar-refractivity contribution is 6.31. The number of β-amino-alcohol motifs (C(OH)–C–C–N with tert-alkyl or cyclic N) is 1. The minimum absolute atomic E-state index is 0.326. The van der Waals surface area contributed by atoms with E-state index in [9.17, 15) is 5.11 Å². The summed E-state index contributed by atoms with van der Waals surface area (Å²) in [5.41, 5.74) is 2.24. The molecule has 0 amide bonds. The van der Waals surface area contributed by atoms with Gasteiger partial charge < -0.3 is 20.1 Å². The molecule has 0 spiro atoms. The molecule has 0 saturated carbocycles. The molecule has 4 nitrogen and oxygen atoms in total. The maximum absolute atomic E-state index is 10.3. The Kier molecular flexibility index (Phi) is 8.62. The number of likely N-dealkylation sites (tertiary alicyclic amines) is 1. The Morgan fingerprint density at radius 3 is 2.57 bits per heavy atom. The van der Waals surface area contributed by atoms with Crippen LogP contribution in [0, 0.1) is 0 Å². The first-order valence-corrected chi connectivity index (χ1v) is 10.6. The number of hydrogen-bond acceptors (Lipinski definition) is 4. The molecule has 152 valence electrons. The molecule has 2 N–H and O–H groups in total. The lowest BCUT2D eigenvalue weighted by atomic mass is 10.2. The number of aliphatic hydroxyl groups excluding tert-OH is 1. The average Bonchev–Trinajstić information content (AvgIpc) is 2.97. The Balaban J connectivity index is 1.42. The molecule has 1 saturated heterocycles. The number of rotatable bonds is 9. The molecule has 1 unspecified atom stereocenters. The molecule has 1 aliphatic rings. The van der Waals surface area contributed by atoms with E-state index in [0.29, 0.717) is 13.2 Å². The Hall–Kier alpha value is -1.59. The third kappa shape index (κ3) is 7.10. The van der Waals surface area contributed by atoms with Crippen LogP contribution < -0.4 is 10.1 Å². The number of hydrogen-bond donors (Lipinski definition) is 2. The zero-order valence-corrected chi connectivity index (χ0v) is 17.2. The molecule has 3 rings (SSSR count). The zero-order valence-electron chi connectivity index (χ0n) is 16.4. The molecule has 28 heavy (non-hydrogen) atoms. The summed E-state index contributed by atoms with van der Waals surface area (Å²) in [7, 11) is 0. The number of halogens is 1. The fourth-order valence-corrected chi connectivity index (χ4v) is 3.79. The van der Waals surface area contributed by atoms with Crippen molar-refractivity contribution < 1.29 is 9.84 Å². The van der Waals surface area contributed by atoms with Crippen LogP contribution in [-0.2, 0) is 13.1 Å². The maximum Gasteiger partial charge on any atom is 0.119 e. The predicted octanol–water partition coefficient (Wildman–Crippen LogP) is 4.25. The van der Waals surface area contributed by atoms with Gasteiger partial charge in [-0.3, -0.25) is 0 Å². The molecule has 5 heteroatoms. The lowest BCUT2D eigenvalue weighted by Crippen LogP contribution is -2.36. The topological polar surface area (TPSA) is 44.7 Å². The lowest BCUT2D eigenvalue weighted by molar-refractivity contribution is 0.0693. The lowest BCUT2D eigenvalue weighted by Gasteiger charge is -2.23. The van der Waals surface area contributed by atoms with E-state index < -0.39 is 6.10 Å². The normalized spacial score (nSPS) is 16.5. The van der Waals surface area contributed by atoms with Gasteiger partial charge >= 0.3 is 0 Å². The van der Waals surface area contributed by atoms with E-state index in [2.05, 4.69) is 16.3 Å². The van der Waals surface area contributed by atoms with Gasteiger partial charge in [0.05, 0.1) is 0 Å². The molecule has 1 atom stereocenters. The van der Waals surface area contributed by atoms with Gasteiger partial charge in [-0.15, -0.1) is 0 Å². The number of nitrogens with zero attached hydrogens (tertiary/aromatic N) is 1. The third-order valence-corrected chi connectivity index (χ3v) is 5.48. The van der Waals surface area contributed by atoms with Crippen LogP contribution in [0.25, 0.3) is 0 Å². The summed E-state index contributed by atoms with van der Waals surface area (Å²) in [6, 6.07) is 15.9. The van der Waals surface area contributed by atoms with Crippen molar-refractivity contribution in [1.29, 1.82) is 0 Å². The van der Waals surface area contributed by atoms with Crippen molar-refractivity contribution >= 4 is 11.6 Å². The van der Waals surface area contributed by atoms with Crippen LogP contribution in [0.5, 0.6) is 5.75 Å². The second kappa shape index (κ2) is 11.4. The molecule has 0 aliphatic carbocycles. The Morgan fingerprint density at radius 2 is 1.79 bits per heavy atom. The number of nitrogens with one attached hydrogen (secondary N) is 1. The van der Waals surface area contributed by atoms with Crippen molar-refractivity contribution in [3.63, 3.8) is 0 Å². The van der Waals surface area contributed by atoms with Gasteiger partial charge in [0, 0.05) is 24.7 Å². The van der Waals surface area contributed by atoms with Crippen LogP contribution in [0.4, 0.5) is 0 Å². The summed E-state index contributed by atoms with van der Waals surface area (Å²) in [4.78, 5) is 2.36. The monoisotopic (exact) mass is 402 g/mol. The van der Waals surface area contributed by atoms with E-state index in [0.717, 1.165) is 48.1 Å². The fourth-order valence-electron chi connectivity index (χ4n) is 3.59. The van der Waals surface area contributed by atoms with Crippen molar-refractivity contribution in [1.82, 2.24) is 10.2 Å². The van der Waals surface area contributed by atoms with Gasteiger partial charge in [-0.05, 0) is 55.3 Å². The highest BCUT2D eigenvalue weighted by atomic mass is 35.5. The van der Waals surface area contributed by atoms with Gasteiger partial charge in [0.25, 0.3) is 0 Å². The summed E-state index contributed by atoms with van der Waals surface area (Å²) in [5, 5.41) is 14.5. The average molecular weight is 403 g/mol. The minimum atomic E-state index is -0.458. The Bertz CT molecular complexity index is 717. The van der Waals surface area contributed by atoms with Crippen molar-refractivity contribution in [3.8, 4) is 5.75 Å². The van der Waals surface area contributed by atoms with Crippen molar-refractivity contribution in [2.45, 2.75) is 44.9 Å². The summed E-state index contributed by atoms with van der Waals surface area (Å²) in [5.74, 6) is 0.798. The van der Waals surface area contributed by atoms with Crippen LogP contribution in [0.2, 0.25) is 5.02 Å². The van der Waals surface area contributed by atoms with Crippen molar-refractivity contribution in [2.75, 3.05) is 26.2 Å². The van der Waals surface area contributed by atoms with Gasteiger partial charge in [0.1, 0.15) is 18.5 Å². The zero-order chi connectivity index (χ0) is 19.6. The fraction of sp³-hybridized carbons (Fsp3) is 0.478. The quantitative estimate of drug-likeness (QED) is 0.658. The molecule has 2 aromatic rings. The Morgan fingerprint density at radius 1 is 1.00 bits per heavy atom. The molecular weight excluding hydrogens is 372 g/mol. The molecular formula is C23H31ClN2O2. The molecule has 1 fully saturated rings. The molecule has 1 heterocycles. The largest absolute Gasteiger partial charge is 0.491 e. The Labute approximate surface area is 173 Å². The van der Waals surface area contributed by atoms with Crippen molar-refractivity contribution in [3.05, 3.63) is 64.7 Å². The summed E-state index contributed by atoms with van der Waals surface area (Å²) >= 11 is 6.19. The van der Waals surface area contributed by atoms with Crippen LogP contribution in [0.3, 0.4) is 0 Å². The number of ether oxygens (including phenoxy) is 1. The minimum Gasteiger partial charge on any atom is -0.491 e. The first kappa shape index (κ1) is 21.1. The van der Waals surface area contributed by atoms with Gasteiger partial charge in [-0.1, -0.05) is 54.8 Å². The summed E-state index contributed by atoms with van der Waals surface area (Å²) in [6.07, 6.45) is 4.62. The van der Waals surface area contributed by atoms with Gasteiger partial charge in [-0.25, -0.2) is 0 Å². The summed E-state index contributed by atoms with van der Waals surface area (Å²) in [6.45, 7) is 4.65. The molecule has 1 aliphatic heterocycles. The van der Waals surface area contributed by atoms with Crippen LogP contribution >= 0.6 is 11.6 Å². The third-order valence-electron chi connectivity index (χ3n) is 5.11. The first-order valence-electron chi connectivity index (χ1n) is 10.3. The smallest absolute Gasteiger partial charge is 0.119 e. The SMILES string of the molecule is OC(COc1cccc(CNCc2ccccc2Cl)c1)CN1CCCCCC1. The second-order valence-electron chi connectivity index (χ2n) is 7.52. The van der Waals surface area contributed by atoms with E-state index in [4.69, 9.17) is 16.3 Å². The van der Waals surface area contributed by atoms with Crippen LogP contribution in [0.15, 0.2) is 48.5 Å². The molecule has 0 aromatic heterocycles. The highest BCUT2D eigenvalue weighted by Gasteiger charge is 2.14. The predicted molar refractivity (Wildman–Crippen MR) is 115 cm³/mol. The van der Waals surface area contributed by atoms with Crippen LogP contribution in [0.1, 0.15) is 36.8 Å². The van der Waals surface area contributed by atoms with E-state index in [-0.39, 0.29) is 0 Å². The van der Waals surface area contributed by atoms with Crippen molar-refractivity contribution in [2.24, 2.45) is 0 Å². The van der Waals surface area contributed by atoms with Gasteiger partial charge in [0.15, 0.2) is 0 Å². The van der Waals surface area contributed by atoms with E-state index in [1.165, 1.54) is 25.7 Å². The standard InChI is InChI=1S/C23H31ClN2O2/c24-23-11-4-3-9-20(23)16-25-15-19-8-7-10-22(14-19)28-18-21(27)17-26-12-5-1-2-6-13-26/h3-4,7-11,14,21,25,27H,1-2,5-6,12-13,15-18H2. The van der Waals surface area contributed by atoms with Crippen LogP contribution in [-0.4, -0.2) is 42.4 Å². The van der Waals surface area contributed by atoms with Gasteiger partial charge in [0.2, 0.25) is 0 Å². The number of aliphatic hydroxyl groups is 1. The van der Waals surface area contributed by atoms with E-state index in [1.54, 1.807) is 0 Å². The maximum atomic E-state index is 10.3. The summed E-state index contributed by atoms with van der Waals surface area (Å²) < 4.78 is 5.84. The molecule has 0 radical (unpaired) electrons. The molecule has 0 bridgehead atoms. The first-order chi connectivity index (χ1) is 13.7. The number of benzene rings is 2. The molecule has 2 aromatic carbocycles. The van der Waals surface area contributed by atoms with E-state index >= 15 is 0 Å². The highest BCUT2D eigenvalue weighted by Crippen LogP contribution is 2.16. The van der Waals surface area contributed by atoms with E-state index in [1.807, 2.05) is 42.5 Å².